The molecule has 239 valence electrons. The van der Waals surface area contributed by atoms with Gasteiger partial charge in [0.15, 0.2) is 0 Å². The molecule has 2 unspecified atom stereocenters. The molecular formula is C42H49Cl2SiZr. The van der Waals surface area contributed by atoms with Crippen LogP contribution in [0.1, 0.15) is 82.2 Å². The minimum atomic E-state index is -4.99. The number of halogens is 2. The van der Waals surface area contributed by atoms with Gasteiger partial charge in [0.25, 0.3) is 0 Å². The van der Waals surface area contributed by atoms with Crippen LogP contribution < -0.4 is 0 Å². The van der Waals surface area contributed by atoms with E-state index in [2.05, 4.69) is 166 Å². The zero-order chi connectivity index (χ0) is 33.4. The number of hydrogen-bond donors (Lipinski definition) is 0. The van der Waals surface area contributed by atoms with Gasteiger partial charge in [-0.1, -0.05) is 0 Å². The van der Waals surface area contributed by atoms with Crippen LogP contribution in [0.25, 0.3) is 34.4 Å². The van der Waals surface area contributed by atoms with Crippen LogP contribution in [-0.4, -0.2) is 5.92 Å². The average molecular weight is 744 g/mol. The van der Waals surface area contributed by atoms with Gasteiger partial charge in [-0.3, -0.25) is 0 Å². The molecule has 0 aliphatic heterocycles. The van der Waals surface area contributed by atoms with E-state index in [-0.39, 0.29) is 18.1 Å². The van der Waals surface area contributed by atoms with Gasteiger partial charge in [-0.25, -0.2) is 0 Å². The van der Waals surface area contributed by atoms with Crippen molar-refractivity contribution in [3.05, 3.63) is 129 Å². The van der Waals surface area contributed by atoms with E-state index in [1.807, 2.05) is 0 Å². The van der Waals surface area contributed by atoms with Gasteiger partial charge in [0, 0.05) is 0 Å². The summed E-state index contributed by atoms with van der Waals surface area (Å²) in [6, 6.07) is 31.2. The van der Waals surface area contributed by atoms with Crippen LogP contribution in [-0.2, 0) is 15.6 Å². The molecule has 4 aromatic carbocycles. The maximum atomic E-state index is 8.83. The van der Waals surface area contributed by atoms with Crippen molar-refractivity contribution in [1.29, 1.82) is 0 Å². The normalized spacial score (nSPS) is 18.9. The zero-order valence-electron chi connectivity index (χ0n) is 29.2. The Morgan fingerprint density at radius 3 is 1.20 bits per heavy atom. The minimum absolute atomic E-state index is 0.0395. The summed E-state index contributed by atoms with van der Waals surface area (Å²) in [6.45, 7) is 23.6. The summed E-state index contributed by atoms with van der Waals surface area (Å²) in [7, 11) is 17.7. The number of hydrogen-bond acceptors (Lipinski definition) is 0. The fraction of sp³-hybridized carbons (Fsp3) is 0.333. The molecule has 2 aliphatic carbocycles. The van der Waals surface area contributed by atoms with Gasteiger partial charge in [-0.05, 0) is 0 Å². The summed E-state index contributed by atoms with van der Waals surface area (Å²) in [6.07, 6.45) is 5.01. The summed E-state index contributed by atoms with van der Waals surface area (Å²) in [5, 5.41) is 0. The first-order chi connectivity index (χ1) is 21.5. The number of aryl methyl sites for hydroxylation is 2. The Labute approximate surface area is 286 Å². The molecule has 0 amide bonds. The maximum absolute atomic E-state index is 8.83. The number of allylic oxidation sites excluding steroid dienone is 2. The second kappa shape index (κ2) is 11.6. The Bertz CT molecular complexity index is 1750. The van der Waals surface area contributed by atoms with Crippen molar-refractivity contribution in [2.24, 2.45) is 10.8 Å². The predicted octanol–water partition coefficient (Wildman–Crippen LogP) is 13.3. The molecule has 4 heteroatoms. The summed E-state index contributed by atoms with van der Waals surface area (Å²) in [4.78, 5) is 0. The fourth-order valence-corrected chi connectivity index (χ4v) is 39.8. The van der Waals surface area contributed by atoms with Crippen LogP contribution in [0.2, 0.25) is 13.1 Å². The van der Waals surface area contributed by atoms with E-state index < -0.39 is 21.5 Å². The van der Waals surface area contributed by atoms with Crippen molar-refractivity contribution < 1.29 is 15.6 Å². The molecule has 2 atom stereocenters. The van der Waals surface area contributed by atoms with E-state index in [0.29, 0.717) is 0 Å². The third kappa shape index (κ3) is 5.26. The van der Waals surface area contributed by atoms with Gasteiger partial charge in [0.2, 0.25) is 0 Å². The summed E-state index contributed by atoms with van der Waals surface area (Å²) < 4.78 is 0.0790. The number of fused-ring (bicyclic) bond motifs is 2. The van der Waals surface area contributed by atoms with Crippen LogP contribution in [0.15, 0.2) is 96.1 Å². The van der Waals surface area contributed by atoms with Crippen molar-refractivity contribution in [1.82, 2.24) is 0 Å². The molecule has 46 heavy (non-hydrogen) atoms. The van der Waals surface area contributed by atoms with Gasteiger partial charge in [0.05, 0.1) is 0 Å². The van der Waals surface area contributed by atoms with E-state index in [1.165, 1.54) is 66.8 Å². The van der Waals surface area contributed by atoms with Crippen LogP contribution in [0.3, 0.4) is 0 Å². The predicted molar refractivity (Wildman–Crippen MR) is 204 cm³/mol. The molecule has 0 radical (unpaired) electrons. The number of benzene rings is 4. The van der Waals surface area contributed by atoms with Crippen molar-refractivity contribution >= 4 is 35.1 Å². The Hall–Kier alpha value is -1.96. The van der Waals surface area contributed by atoms with Crippen LogP contribution in [0.5, 0.6) is 0 Å². The number of rotatable bonds is 5. The van der Waals surface area contributed by atoms with Crippen molar-refractivity contribution in [3.8, 4) is 22.3 Å². The molecule has 0 bridgehead atoms. The molecule has 0 heterocycles. The van der Waals surface area contributed by atoms with Crippen molar-refractivity contribution in [2.75, 3.05) is 0 Å². The van der Waals surface area contributed by atoms with Crippen LogP contribution in [0.4, 0.5) is 0 Å². The Morgan fingerprint density at radius 2 is 0.891 bits per heavy atom. The SMILES string of the molecule is Cc1ccc2c(c1-c1ccccc1)C=C(C(C)(C)C)[CH]2[Zr]([Cl])([Cl])([CH]1C(C(C)(C)C)=Cc2c1ccc(C)c2-c1ccccc1)[SiH](C)C. The molecule has 0 saturated carbocycles. The van der Waals surface area contributed by atoms with Gasteiger partial charge >= 0.3 is 289 Å². The molecule has 0 nitrogen and oxygen atoms in total. The topological polar surface area (TPSA) is 0 Å². The molecule has 6 rings (SSSR count). The van der Waals surface area contributed by atoms with Gasteiger partial charge in [0.1, 0.15) is 0 Å². The molecule has 2 aliphatic rings. The molecule has 0 saturated heterocycles. The first-order valence-corrected chi connectivity index (χ1v) is 33.2. The summed E-state index contributed by atoms with van der Waals surface area (Å²) in [5.41, 5.74) is 15.7. The Morgan fingerprint density at radius 1 is 0.543 bits per heavy atom. The summed E-state index contributed by atoms with van der Waals surface area (Å²) in [5.74, 6) is -1.70. The van der Waals surface area contributed by atoms with E-state index in [4.69, 9.17) is 17.0 Å². The second-order valence-electron chi connectivity index (χ2n) is 16.2. The van der Waals surface area contributed by atoms with Gasteiger partial charge < -0.3 is 0 Å². The second-order valence-corrected chi connectivity index (χ2v) is 58.7. The van der Waals surface area contributed by atoms with Gasteiger partial charge in [-0.2, -0.15) is 0 Å². The van der Waals surface area contributed by atoms with Crippen molar-refractivity contribution in [3.63, 3.8) is 0 Å². The summed E-state index contributed by atoms with van der Waals surface area (Å²) >= 11 is -4.99. The first kappa shape index (κ1) is 33.9. The van der Waals surface area contributed by atoms with Crippen molar-refractivity contribution in [2.45, 2.75) is 75.7 Å². The van der Waals surface area contributed by atoms with E-state index in [1.54, 1.807) is 0 Å². The van der Waals surface area contributed by atoms with Crippen LogP contribution in [0, 0.1) is 24.7 Å². The standard InChI is InChI=1S/2C20H21.C2H7Si.2ClH.Zr/c2*1-14-10-11-16-12-17(20(2,3)4)13-18(16)19(14)15-8-6-5-7-9-15;1-3-2;;;/h2*5-13H,1-4H3;3H,1-2H3;2*1H;/q;;;;;+2/p-2. The monoisotopic (exact) mass is 741 g/mol. The average Bonchev–Trinajstić information content (AvgIpc) is 3.59. The molecule has 0 N–H and O–H groups in total. The Kier molecular flexibility index (Phi) is 8.54. The molecule has 0 fully saturated rings. The zero-order valence-corrected chi connectivity index (χ0v) is 34.4. The quantitative estimate of drug-likeness (QED) is 0.179. The van der Waals surface area contributed by atoms with E-state index in [9.17, 15) is 0 Å². The molecular weight excluding hydrogens is 695 g/mol. The fourth-order valence-electron chi connectivity index (χ4n) is 8.41. The molecule has 0 aromatic heterocycles. The Balaban J connectivity index is 1.70. The van der Waals surface area contributed by atoms with Crippen LogP contribution >= 0.6 is 17.0 Å². The third-order valence-corrected chi connectivity index (χ3v) is 62.4. The molecule has 4 aromatic rings. The van der Waals surface area contributed by atoms with Gasteiger partial charge in [-0.15, -0.1) is 0 Å². The molecule has 0 spiro atoms. The third-order valence-electron chi connectivity index (χ3n) is 10.9. The van der Waals surface area contributed by atoms with E-state index in [0.717, 1.165) is 0 Å². The van der Waals surface area contributed by atoms with E-state index >= 15 is 0 Å². The first-order valence-electron chi connectivity index (χ1n) is 16.9.